The fraction of sp³-hybridized carbons (Fsp3) is 0.800. The van der Waals surface area contributed by atoms with Crippen molar-refractivity contribution in [3.63, 3.8) is 0 Å². The molecule has 9 atom stereocenters. The van der Waals surface area contributed by atoms with Gasteiger partial charge in [-0.3, -0.25) is 9.59 Å². The van der Waals surface area contributed by atoms with Crippen LogP contribution in [0.1, 0.15) is 113 Å². The first-order valence-corrected chi connectivity index (χ1v) is 15.9. The molecule has 0 heterocycles. The molecule has 5 aliphatic rings. The summed E-state index contributed by atoms with van der Waals surface area (Å²) in [6.45, 7) is 17.0. The first-order chi connectivity index (χ1) is 19.0. The van der Waals surface area contributed by atoms with Crippen LogP contribution >= 0.6 is 0 Å². The zero-order valence-electron chi connectivity index (χ0n) is 26.6. The van der Waals surface area contributed by atoms with Gasteiger partial charge in [0.25, 0.3) is 0 Å². The number of carbonyl (C=O) groups excluding carboxylic acids is 2. The molecule has 4 fully saturated rings. The van der Waals surface area contributed by atoms with Gasteiger partial charge in [0.15, 0.2) is 0 Å². The third-order valence-electron chi connectivity index (χ3n) is 13.9. The number of ether oxygens (including phenoxy) is 1. The summed E-state index contributed by atoms with van der Waals surface area (Å²) in [6, 6.07) is 0. The minimum Gasteiger partial charge on any atom is -0.481 e. The van der Waals surface area contributed by atoms with Gasteiger partial charge in [-0.2, -0.15) is 0 Å². The van der Waals surface area contributed by atoms with Crippen molar-refractivity contribution in [2.75, 3.05) is 6.61 Å². The van der Waals surface area contributed by atoms with Crippen LogP contribution in [0.15, 0.2) is 23.3 Å². The molecule has 0 bridgehead atoms. The predicted octanol–water partition coefficient (Wildman–Crippen LogP) is 6.90. The number of esters is 1. The van der Waals surface area contributed by atoms with Crippen molar-refractivity contribution in [2.24, 2.45) is 50.2 Å². The topological polar surface area (TPSA) is 101 Å². The van der Waals surface area contributed by atoms with E-state index in [2.05, 4.69) is 40.7 Å². The normalized spacial score (nSPS) is 47.2. The molecule has 228 valence electrons. The van der Waals surface area contributed by atoms with Gasteiger partial charge in [0.1, 0.15) is 17.3 Å². The summed E-state index contributed by atoms with van der Waals surface area (Å²) in [5.41, 5.74) is -0.555. The van der Waals surface area contributed by atoms with E-state index in [1.165, 1.54) is 5.57 Å². The van der Waals surface area contributed by atoms with E-state index in [4.69, 9.17) is 4.74 Å². The SMILES string of the molecule is CC=C(C)C(=O)O[C@@H]1CC(C)(C)C[C@@H]2C3=CC[C@@H]4[C@@]5(C)CCC(=O)[C@](C)(CO)C5CC[C@@]4(C)[C@]3(C)CC[C@]21C(=O)O. The standard InChI is InChI=1S/C35H52O6/c1-9-21(2)28(38)41-27-19-30(3,4)18-23-22-10-11-25-31(5)14-13-26(37)32(6,20-36)24(31)12-15-34(25,8)33(22,7)16-17-35(23,27)29(39)40/h9-10,23-25,27,36H,11-20H2,1-8H3,(H,39,40)/t23-,24?,25-,27-,31+,32-,33-,34-,35+/m1/s1. The molecular formula is C35H52O6. The van der Waals surface area contributed by atoms with Crippen LogP contribution in [0, 0.1) is 50.2 Å². The van der Waals surface area contributed by atoms with Crippen LogP contribution in [0.2, 0.25) is 0 Å². The monoisotopic (exact) mass is 568 g/mol. The average molecular weight is 569 g/mol. The lowest BCUT2D eigenvalue weighted by molar-refractivity contribution is -0.208. The number of allylic oxidation sites excluding steroid dienone is 3. The molecule has 0 amide bonds. The Balaban J connectivity index is 1.60. The lowest BCUT2D eigenvalue weighted by atomic mass is 9.33. The summed E-state index contributed by atoms with van der Waals surface area (Å²) < 4.78 is 6.12. The second-order valence-electron chi connectivity index (χ2n) is 16.1. The maximum Gasteiger partial charge on any atom is 0.333 e. The van der Waals surface area contributed by atoms with E-state index in [0.29, 0.717) is 30.8 Å². The number of hydrogen-bond acceptors (Lipinski definition) is 5. The number of hydrogen-bond donors (Lipinski definition) is 2. The number of rotatable bonds is 4. The Kier molecular flexibility index (Phi) is 7.09. The molecule has 0 saturated heterocycles. The van der Waals surface area contributed by atoms with Crippen LogP contribution in [-0.4, -0.2) is 40.6 Å². The van der Waals surface area contributed by atoms with Crippen molar-refractivity contribution in [3.8, 4) is 0 Å². The minimum atomic E-state index is -1.14. The van der Waals surface area contributed by atoms with E-state index in [0.717, 1.165) is 38.5 Å². The number of carbonyl (C=O) groups is 3. The second kappa shape index (κ2) is 9.53. The summed E-state index contributed by atoms with van der Waals surface area (Å²) in [7, 11) is 0. The van der Waals surface area contributed by atoms with Crippen LogP contribution < -0.4 is 0 Å². The molecule has 5 rings (SSSR count). The van der Waals surface area contributed by atoms with Crippen LogP contribution in [-0.2, 0) is 19.1 Å². The maximum absolute atomic E-state index is 13.4. The summed E-state index contributed by atoms with van der Waals surface area (Å²) in [5.74, 6) is -0.772. The summed E-state index contributed by atoms with van der Waals surface area (Å²) >= 11 is 0. The van der Waals surface area contributed by atoms with E-state index in [1.54, 1.807) is 19.9 Å². The molecule has 0 spiro atoms. The maximum atomic E-state index is 13.4. The van der Waals surface area contributed by atoms with Crippen LogP contribution in [0.4, 0.5) is 0 Å². The van der Waals surface area contributed by atoms with Gasteiger partial charge >= 0.3 is 11.9 Å². The molecule has 41 heavy (non-hydrogen) atoms. The van der Waals surface area contributed by atoms with Crippen LogP contribution in [0.25, 0.3) is 0 Å². The largest absolute Gasteiger partial charge is 0.481 e. The molecule has 0 aromatic heterocycles. The van der Waals surface area contributed by atoms with E-state index in [9.17, 15) is 24.6 Å². The molecule has 2 N–H and O–H groups in total. The molecule has 0 aromatic rings. The van der Waals surface area contributed by atoms with Gasteiger partial charge in [0.05, 0.1) is 12.0 Å². The van der Waals surface area contributed by atoms with Crippen molar-refractivity contribution in [2.45, 2.75) is 119 Å². The number of ketones is 1. The van der Waals surface area contributed by atoms with Crippen molar-refractivity contribution < 1.29 is 29.3 Å². The van der Waals surface area contributed by atoms with Crippen LogP contribution in [0.3, 0.4) is 0 Å². The third-order valence-corrected chi connectivity index (χ3v) is 13.9. The number of aliphatic hydroxyl groups excluding tert-OH is 1. The molecule has 6 heteroatoms. The van der Waals surface area contributed by atoms with Gasteiger partial charge in [-0.05, 0) is 98.7 Å². The Bertz CT molecular complexity index is 1210. The Morgan fingerprint density at radius 1 is 1.02 bits per heavy atom. The fourth-order valence-electron chi connectivity index (χ4n) is 11.1. The van der Waals surface area contributed by atoms with Gasteiger partial charge in [0.2, 0.25) is 0 Å². The Morgan fingerprint density at radius 3 is 2.32 bits per heavy atom. The third kappa shape index (κ3) is 3.94. The summed E-state index contributed by atoms with van der Waals surface area (Å²) in [5, 5.41) is 21.4. The van der Waals surface area contributed by atoms with E-state index < -0.39 is 28.9 Å². The number of Topliss-reactive ketones (excluding diaryl/α,β-unsaturated/α-hetero) is 1. The Morgan fingerprint density at radius 2 is 1.71 bits per heavy atom. The molecular weight excluding hydrogens is 516 g/mol. The van der Waals surface area contributed by atoms with Crippen molar-refractivity contribution in [1.82, 2.24) is 0 Å². The van der Waals surface area contributed by atoms with Gasteiger partial charge in [0, 0.05) is 17.9 Å². The first kappa shape index (κ1) is 30.5. The van der Waals surface area contributed by atoms with E-state index in [-0.39, 0.29) is 45.9 Å². The van der Waals surface area contributed by atoms with Crippen molar-refractivity contribution in [3.05, 3.63) is 23.3 Å². The summed E-state index contributed by atoms with van der Waals surface area (Å²) in [6.07, 6.45) is 10.0. The highest BCUT2D eigenvalue weighted by molar-refractivity contribution is 5.88. The molecule has 0 aliphatic heterocycles. The average Bonchev–Trinajstić information content (AvgIpc) is 2.90. The fourth-order valence-corrected chi connectivity index (χ4v) is 11.1. The second-order valence-corrected chi connectivity index (χ2v) is 16.1. The zero-order valence-corrected chi connectivity index (χ0v) is 26.6. The van der Waals surface area contributed by atoms with Gasteiger partial charge in [-0.25, -0.2) is 4.79 Å². The number of aliphatic hydroxyl groups is 1. The van der Waals surface area contributed by atoms with Gasteiger partial charge in [-0.15, -0.1) is 0 Å². The lowest BCUT2D eigenvalue weighted by Crippen LogP contribution is -2.67. The zero-order chi connectivity index (χ0) is 30.4. The molecule has 4 saturated carbocycles. The Hall–Kier alpha value is -1.95. The minimum absolute atomic E-state index is 0.0565. The van der Waals surface area contributed by atoms with Gasteiger partial charge < -0.3 is 14.9 Å². The van der Waals surface area contributed by atoms with Crippen molar-refractivity contribution in [1.29, 1.82) is 0 Å². The molecule has 0 radical (unpaired) electrons. The van der Waals surface area contributed by atoms with Crippen molar-refractivity contribution >= 4 is 17.7 Å². The lowest BCUT2D eigenvalue weighted by Gasteiger charge is -2.70. The van der Waals surface area contributed by atoms with Gasteiger partial charge in [-0.1, -0.05) is 59.3 Å². The molecule has 1 unspecified atom stereocenters. The molecule has 5 aliphatic carbocycles. The predicted molar refractivity (Wildman–Crippen MR) is 158 cm³/mol. The van der Waals surface area contributed by atoms with E-state index in [1.807, 2.05) is 6.92 Å². The molecule has 6 nitrogen and oxygen atoms in total. The quantitative estimate of drug-likeness (QED) is 0.217. The number of aliphatic carboxylic acids is 1. The number of fused-ring (bicyclic) bond motifs is 7. The smallest absolute Gasteiger partial charge is 0.333 e. The number of carboxylic acids is 1. The molecule has 0 aromatic carbocycles. The highest BCUT2D eigenvalue weighted by Gasteiger charge is 2.71. The first-order valence-electron chi connectivity index (χ1n) is 15.9. The summed E-state index contributed by atoms with van der Waals surface area (Å²) in [4.78, 5) is 39.5. The van der Waals surface area contributed by atoms with Crippen LogP contribution in [0.5, 0.6) is 0 Å². The highest BCUT2D eigenvalue weighted by Crippen LogP contribution is 2.75. The Labute approximate surface area is 246 Å². The number of carboxylic acid groups (broad SMARTS) is 1. The van der Waals surface area contributed by atoms with E-state index >= 15 is 0 Å². The highest BCUT2D eigenvalue weighted by atomic mass is 16.5.